The second-order valence-electron chi connectivity index (χ2n) is 4.54. The van der Waals surface area contributed by atoms with E-state index in [4.69, 9.17) is 5.11 Å². The lowest BCUT2D eigenvalue weighted by Crippen LogP contribution is -2.17. The molecule has 0 fully saturated rings. The van der Waals surface area contributed by atoms with Crippen LogP contribution in [0.1, 0.15) is 38.0 Å². The van der Waals surface area contributed by atoms with Gasteiger partial charge in [-0.25, -0.2) is 0 Å². The molecule has 0 bridgehead atoms. The van der Waals surface area contributed by atoms with Crippen molar-refractivity contribution in [1.82, 2.24) is 0 Å². The molecule has 0 aliphatic rings. The van der Waals surface area contributed by atoms with E-state index in [2.05, 4.69) is 20.8 Å². The molecule has 0 heterocycles. The first-order chi connectivity index (χ1) is 6.46. The lowest BCUT2D eigenvalue weighted by Gasteiger charge is -2.24. The number of benzene rings is 1. The third kappa shape index (κ3) is 2.34. The number of rotatable bonds is 2. The molecule has 0 unspecified atom stereocenters. The van der Waals surface area contributed by atoms with Crippen LogP contribution in [0.3, 0.4) is 0 Å². The molecule has 0 amide bonds. The topological polar surface area (TPSA) is 40.5 Å². The van der Waals surface area contributed by atoms with Crippen LogP contribution in [0, 0.1) is 0 Å². The summed E-state index contributed by atoms with van der Waals surface area (Å²) in [6.45, 7) is 6.05. The summed E-state index contributed by atoms with van der Waals surface area (Å²) in [5.74, 6) is 0. The summed E-state index contributed by atoms with van der Waals surface area (Å²) in [7, 11) is 0. The SMILES string of the molecule is CC(C)(C)c1ccccc1[C@@H](O)CO. The normalized spacial score (nSPS) is 14.1. The van der Waals surface area contributed by atoms with Crippen molar-refractivity contribution in [2.75, 3.05) is 6.61 Å². The molecular formula is C12H18O2. The van der Waals surface area contributed by atoms with Gasteiger partial charge < -0.3 is 10.2 Å². The van der Waals surface area contributed by atoms with Gasteiger partial charge in [0.05, 0.1) is 6.61 Å². The second-order valence-corrected chi connectivity index (χ2v) is 4.54. The minimum absolute atomic E-state index is 0.00720. The third-order valence-corrected chi connectivity index (χ3v) is 2.30. The molecule has 2 N–H and O–H groups in total. The highest BCUT2D eigenvalue weighted by Crippen LogP contribution is 2.29. The van der Waals surface area contributed by atoms with Crippen molar-refractivity contribution < 1.29 is 10.2 Å². The summed E-state index contributed by atoms with van der Waals surface area (Å²) in [4.78, 5) is 0. The Hall–Kier alpha value is -0.860. The van der Waals surface area contributed by atoms with Gasteiger partial charge in [-0.15, -0.1) is 0 Å². The van der Waals surface area contributed by atoms with Crippen LogP contribution in [0.4, 0.5) is 0 Å². The predicted molar refractivity (Wildman–Crippen MR) is 57.2 cm³/mol. The zero-order valence-electron chi connectivity index (χ0n) is 8.99. The molecule has 1 aromatic rings. The van der Waals surface area contributed by atoms with E-state index in [0.29, 0.717) is 0 Å². The summed E-state index contributed by atoms with van der Waals surface area (Å²) in [5.41, 5.74) is 1.90. The van der Waals surface area contributed by atoms with E-state index in [1.807, 2.05) is 24.3 Å². The Morgan fingerprint density at radius 1 is 1.21 bits per heavy atom. The van der Waals surface area contributed by atoms with Crippen molar-refractivity contribution in [3.05, 3.63) is 35.4 Å². The molecule has 0 saturated heterocycles. The predicted octanol–water partition coefficient (Wildman–Crippen LogP) is 2.01. The maximum Gasteiger partial charge on any atom is 0.102 e. The minimum atomic E-state index is -0.773. The lowest BCUT2D eigenvalue weighted by atomic mass is 9.82. The molecule has 78 valence electrons. The number of aliphatic hydroxyl groups excluding tert-OH is 2. The molecule has 0 aliphatic heterocycles. The van der Waals surface area contributed by atoms with Crippen molar-refractivity contribution in [2.24, 2.45) is 0 Å². The van der Waals surface area contributed by atoms with Gasteiger partial charge in [0.25, 0.3) is 0 Å². The Kier molecular flexibility index (Phi) is 3.29. The number of aliphatic hydroxyl groups is 2. The van der Waals surface area contributed by atoms with Crippen LogP contribution in [0.25, 0.3) is 0 Å². The van der Waals surface area contributed by atoms with Crippen LogP contribution in [0.15, 0.2) is 24.3 Å². The molecule has 0 aromatic heterocycles. The van der Waals surface area contributed by atoms with E-state index >= 15 is 0 Å². The Bertz CT molecular complexity index is 299. The van der Waals surface area contributed by atoms with Crippen LogP contribution >= 0.6 is 0 Å². The maximum atomic E-state index is 9.62. The first-order valence-corrected chi connectivity index (χ1v) is 4.85. The maximum absolute atomic E-state index is 9.62. The number of hydrogen-bond donors (Lipinski definition) is 2. The fraction of sp³-hybridized carbons (Fsp3) is 0.500. The van der Waals surface area contributed by atoms with E-state index in [1.54, 1.807) is 0 Å². The summed E-state index contributed by atoms with van der Waals surface area (Å²) in [6.07, 6.45) is -0.773. The first kappa shape index (κ1) is 11.2. The van der Waals surface area contributed by atoms with Crippen LogP contribution in [-0.4, -0.2) is 16.8 Å². The zero-order chi connectivity index (χ0) is 10.8. The van der Waals surface area contributed by atoms with Crippen molar-refractivity contribution in [3.63, 3.8) is 0 Å². The average molecular weight is 194 g/mol. The molecule has 14 heavy (non-hydrogen) atoms. The molecule has 2 heteroatoms. The fourth-order valence-electron chi connectivity index (χ4n) is 1.57. The molecule has 2 nitrogen and oxygen atoms in total. The Morgan fingerprint density at radius 3 is 2.29 bits per heavy atom. The highest BCUT2D eigenvalue weighted by atomic mass is 16.3. The standard InChI is InChI=1S/C12H18O2/c1-12(2,3)10-7-5-4-6-9(10)11(14)8-13/h4-7,11,13-14H,8H2,1-3H3/t11-/m0/s1. The van der Waals surface area contributed by atoms with Crippen LogP contribution in [0.2, 0.25) is 0 Å². The largest absolute Gasteiger partial charge is 0.393 e. The van der Waals surface area contributed by atoms with Gasteiger partial charge >= 0.3 is 0 Å². The molecule has 0 spiro atoms. The molecule has 1 aromatic carbocycles. The summed E-state index contributed by atoms with van der Waals surface area (Å²) >= 11 is 0. The second kappa shape index (κ2) is 4.11. The smallest absolute Gasteiger partial charge is 0.102 e. The van der Waals surface area contributed by atoms with Gasteiger partial charge in [0.15, 0.2) is 0 Å². The van der Waals surface area contributed by atoms with E-state index in [-0.39, 0.29) is 12.0 Å². The highest BCUT2D eigenvalue weighted by molar-refractivity contribution is 5.34. The van der Waals surface area contributed by atoms with E-state index in [9.17, 15) is 5.11 Å². The van der Waals surface area contributed by atoms with E-state index < -0.39 is 6.10 Å². The van der Waals surface area contributed by atoms with Crippen molar-refractivity contribution in [1.29, 1.82) is 0 Å². The molecule has 1 atom stereocenters. The highest BCUT2D eigenvalue weighted by Gasteiger charge is 2.20. The summed E-state index contributed by atoms with van der Waals surface area (Å²) in [5, 5.41) is 18.6. The Morgan fingerprint density at radius 2 is 1.79 bits per heavy atom. The monoisotopic (exact) mass is 194 g/mol. The lowest BCUT2D eigenvalue weighted by molar-refractivity contribution is 0.0941. The van der Waals surface area contributed by atoms with Crippen molar-refractivity contribution >= 4 is 0 Å². The van der Waals surface area contributed by atoms with E-state index in [0.717, 1.165) is 11.1 Å². The molecule has 1 rings (SSSR count). The Labute approximate surface area is 85.2 Å². The quantitative estimate of drug-likeness (QED) is 0.756. The van der Waals surface area contributed by atoms with Gasteiger partial charge in [0, 0.05) is 0 Å². The van der Waals surface area contributed by atoms with Gasteiger partial charge in [0.1, 0.15) is 6.10 Å². The Balaban J connectivity index is 3.16. The summed E-state index contributed by atoms with van der Waals surface area (Å²) < 4.78 is 0. The van der Waals surface area contributed by atoms with Crippen LogP contribution in [-0.2, 0) is 5.41 Å². The van der Waals surface area contributed by atoms with Crippen molar-refractivity contribution in [2.45, 2.75) is 32.3 Å². The van der Waals surface area contributed by atoms with E-state index in [1.165, 1.54) is 0 Å². The number of hydrogen-bond acceptors (Lipinski definition) is 2. The fourth-order valence-corrected chi connectivity index (χ4v) is 1.57. The van der Waals surface area contributed by atoms with Crippen LogP contribution in [0.5, 0.6) is 0 Å². The third-order valence-electron chi connectivity index (χ3n) is 2.30. The van der Waals surface area contributed by atoms with Gasteiger partial charge in [-0.05, 0) is 16.5 Å². The molecule has 0 saturated carbocycles. The van der Waals surface area contributed by atoms with Crippen molar-refractivity contribution in [3.8, 4) is 0 Å². The average Bonchev–Trinajstić information content (AvgIpc) is 2.15. The minimum Gasteiger partial charge on any atom is -0.393 e. The van der Waals surface area contributed by atoms with Gasteiger partial charge in [-0.1, -0.05) is 45.0 Å². The molecule has 0 aliphatic carbocycles. The first-order valence-electron chi connectivity index (χ1n) is 4.85. The van der Waals surface area contributed by atoms with Gasteiger partial charge in [-0.2, -0.15) is 0 Å². The molecular weight excluding hydrogens is 176 g/mol. The zero-order valence-corrected chi connectivity index (χ0v) is 8.99. The van der Waals surface area contributed by atoms with Gasteiger partial charge in [0.2, 0.25) is 0 Å². The van der Waals surface area contributed by atoms with Crippen LogP contribution < -0.4 is 0 Å². The van der Waals surface area contributed by atoms with Gasteiger partial charge in [-0.3, -0.25) is 0 Å². The summed E-state index contributed by atoms with van der Waals surface area (Å²) in [6, 6.07) is 7.69. The molecule has 0 radical (unpaired) electrons.